The molecule has 0 saturated carbocycles. The van der Waals surface area contributed by atoms with Gasteiger partial charge in [0.05, 0.1) is 39.9 Å². The molecule has 0 saturated heterocycles. The molecule has 0 aliphatic rings. The number of aliphatic hydroxyl groups is 1. The van der Waals surface area contributed by atoms with E-state index in [9.17, 15) is 19.4 Å². The molecule has 0 aromatic heterocycles. The number of aliphatic hydroxyl groups excluding tert-OH is 1. The summed E-state index contributed by atoms with van der Waals surface area (Å²) >= 11 is 0. The molecule has 8 nitrogen and oxygen atoms in total. The van der Waals surface area contributed by atoms with Gasteiger partial charge in [-0.15, -0.1) is 0 Å². The molecule has 56 heavy (non-hydrogen) atoms. The van der Waals surface area contributed by atoms with Gasteiger partial charge in [-0.05, 0) is 38.5 Å². The van der Waals surface area contributed by atoms with E-state index in [1.807, 2.05) is 21.1 Å². The number of phosphoric acid groups is 1. The Morgan fingerprint density at radius 3 is 1.39 bits per heavy atom. The van der Waals surface area contributed by atoms with Gasteiger partial charge in [0.2, 0.25) is 5.91 Å². The van der Waals surface area contributed by atoms with E-state index in [1.165, 1.54) is 167 Å². The minimum absolute atomic E-state index is 0.0139. The number of hydrogen-bond donors (Lipinski definition) is 2. The Kier molecular flexibility index (Phi) is 39.1. The maximum Gasteiger partial charge on any atom is 0.268 e. The average molecular weight is 815 g/mol. The van der Waals surface area contributed by atoms with Crippen LogP contribution in [0.5, 0.6) is 0 Å². The Morgan fingerprint density at radius 2 is 0.982 bits per heavy atom. The van der Waals surface area contributed by atoms with Crippen molar-refractivity contribution >= 4 is 13.7 Å². The number of amides is 1. The standard InChI is InChI=1S/C47H95N2O6P/c1-6-8-10-12-14-16-18-20-22-23-24-25-27-29-31-33-35-37-39-41-47(51)48-45(44-55-56(52,53)54-43-42-49(3,4)5)46(50)40-38-36-34-32-30-28-26-21-19-17-15-13-11-9-7-2/h20,22,45-46,50H,6-19,21,23-44H2,1-5H3,(H-,48,51,52,53)/b22-20-. The lowest BCUT2D eigenvalue weighted by Crippen LogP contribution is -2.46. The first kappa shape index (κ1) is 55.2. The highest BCUT2D eigenvalue weighted by molar-refractivity contribution is 7.45. The Balaban J connectivity index is 4.29. The summed E-state index contributed by atoms with van der Waals surface area (Å²) in [4.78, 5) is 25.4. The van der Waals surface area contributed by atoms with Crippen LogP contribution in [0.3, 0.4) is 0 Å². The Hall–Kier alpha value is -0.760. The third-order valence-corrected chi connectivity index (χ3v) is 12.0. The molecule has 0 rings (SSSR count). The van der Waals surface area contributed by atoms with E-state index < -0.39 is 20.0 Å². The maximum absolute atomic E-state index is 12.9. The van der Waals surface area contributed by atoms with Gasteiger partial charge in [-0.3, -0.25) is 9.36 Å². The molecular formula is C47H95N2O6P. The predicted molar refractivity (Wildman–Crippen MR) is 238 cm³/mol. The van der Waals surface area contributed by atoms with Crippen LogP contribution >= 0.6 is 7.82 Å². The van der Waals surface area contributed by atoms with E-state index in [4.69, 9.17) is 9.05 Å². The number of hydrogen-bond acceptors (Lipinski definition) is 6. The van der Waals surface area contributed by atoms with E-state index in [2.05, 4.69) is 31.3 Å². The first-order valence-electron chi connectivity index (χ1n) is 24.0. The fourth-order valence-electron chi connectivity index (χ4n) is 7.15. The second-order valence-electron chi connectivity index (χ2n) is 17.8. The lowest BCUT2D eigenvalue weighted by atomic mass is 10.0. The zero-order valence-electron chi connectivity index (χ0n) is 37.9. The van der Waals surface area contributed by atoms with Gasteiger partial charge in [-0.25, -0.2) is 0 Å². The zero-order chi connectivity index (χ0) is 41.4. The van der Waals surface area contributed by atoms with Crippen LogP contribution in [0.2, 0.25) is 0 Å². The van der Waals surface area contributed by atoms with Crippen molar-refractivity contribution in [3.8, 4) is 0 Å². The largest absolute Gasteiger partial charge is 0.756 e. The molecule has 0 spiro atoms. The van der Waals surface area contributed by atoms with Crippen molar-refractivity contribution in [2.75, 3.05) is 40.9 Å². The molecule has 0 radical (unpaired) electrons. The number of nitrogens with one attached hydrogen (secondary N) is 1. The Bertz CT molecular complexity index is 927. The summed E-state index contributed by atoms with van der Waals surface area (Å²) < 4.78 is 23.3. The van der Waals surface area contributed by atoms with Crippen LogP contribution in [-0.2, 0) is 18.4 Å². The molecule has 0 aromatic rings. The van der Waals surface area contributed by atoms with Crippen molar-refractivity contribution in [1.82, 2.24) is 5.32 Å². The molecular weight excluding hydrogens is 719 g/mol. The van der Waals surface area contributed by atoms with Gasteiger partial charge in [0.1, 0.15) is 13.2 Å². The molecule has 0 fully saturated rings. The number of carbonyl (C=O) groups is 1. The number of quaternary nitrogens is 1. The van der Waals surface area contributed by atoms with Crippen LogP contribution in [0.15, 0.2) is 12.2 Å². The van der Waals surface area contributed by atoms with Gasteiger partial charge < -0.3 is 28.8 Å². The van der Waals surface area contributed by atoms with E-state index in [0.29, 0.717) is 23.9 Å². The number of phosphoric ester groups is 1. The van der Waals surface area contributed by atoms with Gasteiger partial charge in [-0.1, -0.05) is 199 Å². The number of carbonyl (C=O) groups excluding carboxylic acids is 1. The molecule has 3 unspecified atom stereocenters. The summed E-state index contributed by atoms with van der Waals surface area (Å²) in [7, 11) is 1.31. The number of unbranched alkanes of at least 4 members (excludes halogenated alkanes) is 29. The lowest BCUT2D eigenvalue weighted by molar-refractivity contribution is -0.870. The second-order valence-corrected chi connectivity index (χ2v) is 19.2. The smallest absolute Gasteiger partial charge is 0.268 e. The van der Waals surface area contributed by atoms with Crippen LogP contribution < -0.4 is 10.2 Å². The molecule has 0 bridgehead atoms. The molecule has 0 heterocycles. The van der Waals surface area contributed by atoms with Crippen LogP contribution in [0.1, 0.15) is 232 Å². The maximum atomic E-state index is 12.9. The van der Waals surface area contributed by atoms with E-state index >= 15 is 0 Å². The third-order valence-electron chi connectivity index (χ3n) is 11.0. The molecule has 3 atom stereocenters. The number of likely N-dealkylation sites (N-methyl/N-ethyl adjacent to an activating group) is 1. The summed E-state index contributed by atoms with van der Waals surface area (Å²) in [6.45, 7) is 4.73. The van der Waals surface area contributed by atoms with Crippen LogP contribution in [0, 0.1) is 0 Å². The SMILES string of the molecule is CCCCCCCC/C=C\CCCCCCCCCCCC(=O)NC(COP(=O)([O-])OCC[N+](C)(C)C)C(O)CCCCCCCCCCCCCCCCC. The number of rotatable bonds is 44. The molecule has 0 aliphatic carbocycles. The summed E-state index contributed by atoms with van der Waals surface area (Å²) in [5.41, 5.74) is 0. The summed E-state index contributed by atoms with van der Waals surface area (Å²) in [5, 5.41) is 13.9. The van der Waals surface area contributed by atoms with Crippen molar-refractivity contribution in [1.29, 1.82) is 0 Å². The molecule has 1 amide bonds. The lowest BCUT2D eigenvalue weighted by Gasteiger charge is -2.30. The van der Waals surface area contributed by atoms with Crippen molar-refractivity contribution in [3.05, 3.63) is 12.2 Å². The number of nitrogens with zero attached hydrogens (tertiary/aromatic N) is 1. The Morgan fingerprint density at radius 1 is 0.607 bits per heavy atom. The van der Waals surface area contributed by atoms with E-state index in [-0.39, 0.29) is 19.1 Å². The van der Waals surface area contributed by atoms with Crippen molar-refractivity contribution in [2.45, 2.75) is 244 Å². The van der Waals surface area contributed by atoms with Crippen molar-refractivity contribution < 1.29 is 32.9 Å². The van der Waals surface area contributed by atoms with Gasteiger partial charge in [0, 0.05) is 6.42 Å². The fraction of sp³-hybridized carbons (Fsp3) is 0.936. The van der Waals surface area contributed by atoms with E-state index in [0.717, 1.165) is 38.5 Å². The fourth-order valence-corrected chi connectivity index (χ4v) is 7.88. The minimum atomic E-state index is -4.56. The average Bonchev–Trinajstić information content (AvgIpc) is 3.15. The van der Waals surface area contributed by atoms with Gasteiger partial charge in [0.25, 0.3) is 7.82 Å². The monoisotopic (exact) mass is 815 g/mol. The first-order valence-corrected chi connectivity index (χ1v) is 25.5. The van der Waals surface area contributed by atoms with Gasteiger partial charge >= 0.3 is 0 Å². The molecule has 334 valence electrons. The molecule has 2 N–H and O–H groups in total. The third kappa shape index (κ3) is 41.4. The zero-order valence-corrected chi connectivity index (χ0v) is 38.7. The van der Waals surface area contributed by atoms with Crippen LogP contribution in [0.25, 0.3) is 0 Å². The van der Waals surface area contributed by atoms with Gasteiger partial charge in [0.15, 0.2) is 0 Å². The second kappa shape index (κ2) is 39.7. The first-order chi connectivity index (χ1) is 27.0. The predicted octanol–water partition coefficient (Wildman–Crippen LogP) is 12.9. The molecule has 0 aliphatic heterocycles. The van der Waals surface area contributed by atoms with Crippen molar-refractivity contribution in [2.24, 2.45) is 0 Å². The van der Waals surface area contributed by atoms with Crippen LogP contribution in [-0.4, -0.2) is 68.5 Å². The molecule has 9 heteroatoms. The van der Waals surface area contributed by atoms with Gasteiger partial charge in [-0.2, -0.15) is 0 Å². The van der Waals surface area contributed by atoms with Crippen molar-refractivity contribution in [3.63, 3.8) is 0 Å². The highest BCUT2D eigenvalue weighted by Crippen LogP contribution is 2.38. The quantitative estimate of drug-likeness (QED) is 0.0274. The highest BCUT2D eigenvalue weighted by atomic mass is 31.2. The summed E-state index contributed by atoms with van der Waals surface area (Å²) in [6, 6.07) is -0.797. The number of allylic oxidation sites excluding steroid dienone is 2. The normalized spacial score (nSPS) is 14.3. The Labute approximate surface area is 348 Å². The highest BCUT2D eigenvalue weighted by Gasteiger charge is 2.24. The van der Waals surface area contributed by atoms with E-state index in [1.54, 1.807) is 0 Å². The minimum Gasteiger partial charge on any atom is -0.756 e. The molecule has 0 aromatic carbocycles. The summed E-state index contributed by atoms with van der Waals surface area (Å²) in [5.74, 6) is -0.165. The summed E-state index contributed by atoms with van der Waals surface area (Å²) in [6.07, 6.45) is 44.9. The van der Waals surface area contributed by atoms with Crippen LogP contribution in [0.4, 0.5) is 0 Å². The topological polar surface area (TPSA) is 108 Å².